The van der Waals surface area contributed by atoms with Crippen LogP contribution >= 0.6 is 0 Å². The highest BCUT2D eigenvalue weighted by molar-refractivity contribution is 5.66. The second-order valence-electron chi connectivity index (χ2n) is 3.39. The lowest BCUT2D eigenvalue weighted by Gasteiger charge is -2.36. The van der Waals surface area contributed by atoms with E-state index in [0.717, 1.165) is 0 Å². The highest BCUT2D eigenvalue weighted by Gasteiger charge is 2.36. The molecule has 0 spiro atoms. The van der Waals surface area contributed by atoms with E-state index in [9.17, 15) is 9.90 Å². The Morgan fingerprint density at radius 2 is 2.14 bits per heavy atom. The molecule has 14 heavy (non-hydrogen) atoms. The summed E-state index contributed by atoms with van der Waals surface area (Å²) in [5.41, 5.74) is 0. The molecule has 0 radical (unpaired) electrons. The standard InChI is InChI=1S/C9H16O5/c1-5-7(12-3)4-8(9(11)13-5)14-6(2)10/h5,7-9,11H,4H2,1-3H3/t5-,7+,8-,9?/m1/s1. The molecule has 0 aliphatic carbocycles. The summed E-state index contributed by atoms with van der Waals surface area (Å²) in [6.07, 6.45) is -1.57. The van der Waals surface area contributed by atoms with E-state index in [-0.39, 0.29) is 12.2 Å². The number of methoxy groups -OCH3 is 1. The molecule has 1 unspecified atom stereocenters. The molecule has 82 valence electrons. The lowest BCUT2D eigenvalue weighted by atomic mass is 10.0. The summed E-state index contributed by atoms with van der Waals surface area (Å²) in [7, 11) is 1.56. The number of aliphatic hydroxyl groups excluding tert-OH is 1. The topological polar surface area (TPSA) is 65.0 Å². The highest BCUT2D eigenvalue weighted by Crippen LogP contribution is 2.23. The van der Waals surface area contributed by atoms with Gasteiger partial charge in [-0.3, -0.25) is 4.79 Å². The summed E-state index contributed by atoms with van der Waals surface area (Å²) in [4.78, 5) is 10.7. The van der Waals surface area contributed by atoms with Gasteiger partial charge in [0.2, 0.25) is 0 Å². The first-order valence-electron chi connectivity index (χ1n) is 4.58. The Bertz CT molecular complexity index is 205. The Morgan fingerprint density at radius 3 is 2.64 bits per heavy atom. The number of aliphatic hydroxyl groups is 1. The first-order chi connectivity index (χ1) is 6.54. The van der Waals surface area contributed by atoms with E-state index in [1.165, 1.54) is 6.92 Å². The molecule has 0 bridgehead atoms. The molecule has 0 amide bonds. The third-order valence-corrected chi connectivity index (χ3v) is 2.28. The predicted molar refractivity (Wildman–Crippen MR) is 47.5 cm³/mol. The van der Waals surface area contributed by atoms with E-state index in [2.05, 4.69) is 0 Å². The quantitative estimate of drug-likeness (QED) is 0.644. The number of carbonyl (C=O) groups is 1. The molecule has 1 fully saturated rings. The minimum absolute atomic E-state index is 0.150. The van der Waals surface area contributed by atoms with E-state index < -0.39 is 18.4 Å². The maximum Gasteiger partial charge on any atom is 0.303 e. The molecule has 0 aromatic carbocycles. The van der Waals surface area contributed by atoms with Crippen molar-refractivity contribution in [1.29, 1.82) is 0 Å². The van der Waals surface area contributed by atoms with Gasteiger partial charge in [0.25, 0.3) is 0 Å². The van der Waals surface area contributed by atoms with E-state index in [1.807, 2.05) is 0 Å². The van der Waals surface area contributed by atoms with Crippen molar-refractivity contribution in [2.45, 2.75) is 44.9 Å². The molecule has 0 saturated carbocycles. The molecule has 0 aromatic rings. The fourth-order valence-electron chi connectivity index (χ4n) is 1.54. The number of hydrogen-bond acceptors (Lipinski definition) is 5. The predicted octanol–water partition coefficient (Wildman–Crippen LogP) is 0.0603. The number of esters is 1. The van der Waals surface area contributed by atoms with Crippen molar-refractivity contribution in [2.24, 2.45) is 0 Å². The second-order valence-corrected chi connectivity index (χ2v) is 3.39. The Balaban J connectivity index is 2.55. The van der Waals surface area contributed by atoms with Crippen LogP contribution in [0.4, 0.5) is 0 Å². The number of hydrogen-bond donors (Lipinski definition) is 1. The summed E-state index contributed by atoms with van der Waals surface area (Å²) in [5, 5.41) is 9.45. The largest absolute Gasteiger partial charge is 0.457 e. The smallest absolute Gasteiger partial charge is 0.303 e. The van der Waals surface area contributed by atoms with Crippen molar-refractivity contribution >= 4 is 5.97 Å². The summed E-state index contributed by atoms with van der Waals surface area (Å²) in [5.74, 6) is -0.429. The maximum atomic E-state index is 10.7. The van der Waals surface area contributed by atoms with Crippen molar-refractivity contribution in [2.75, 3.05) is 7.11 Å². The van der Waals surface area contributed by atoms with Gasteiger partial charge in [0.15, 0.2) is 12.4 Å². The van der Waals surface area contributed by atoms with Crippen molar-refractivity contribution in [1.82, 2.24) is 0 Å². The van der Waals surface area contributed by atoms with Gasteiger partial charge in [-0.05, 0) is 6.92 Å². The Hall–Kier alpha value is -0.650. The van der Waals surface area contributed by atoms with Crippen LogP contribution in [0.5, 0.6) is 0 Å². The SMILES string of the molecule is CO[C@H]1C[C@@H](OC(C)=O)C(O)O[C@@H]1C. The Kier molecular flexibility index (Phi) is 3.86. The van der Waals surface area contributed by atoms with Crippen LogP contribution in [-0.4, -0.2) is 42.8 Å². The first kappa shape index (κ1) is 11.4. The molecule has 1 aliphatic rings. The minimum Gasteiger partial charge on any atom is -0.457 e. The molecule has 1 aliphatic heterocycles. The van der Waals surface area contributed by atoms with Crippen LogP contribution in [0, 0.1) is 0 Å². The van der Waals surface area contributed by atoms with Crippen LogP contribution in [0.3, 0.4) is 0 Å². The fourth-order valence-corrected chi connectivity index (χ4v) is 1.54. The highest BCUT2D eigenvalue weighted by atomic mass is 16.7. The third-order valence-electron chi connectivity index (χ3n) is 2.28. The van der Waals surface area contributed by atoms with Gasteiger partial charge in [0.1, 0.15) is 0 Å². The van der Waals surface area contributed by atoms with Gasteiger partial charge in [-0.25, -0.2) is 0 Å². The molecule has 5 nitrogen and oxygen atoms in total. The first-order valence-corrected chi connectivity index (χ1v) is 4.58. The van der Waals surface area contributed by atoms with Crippen LogP contribution in [-0.2, 0) is 19.0 Å². The number of carbonyl (C=O) groups excluding carboxylic acids is 1. The van der Waals surface area contributed by atoms with Gasteiger partial charge < -0.3 is 19.3 Å². The van der Waals surface area contributed by atoms with Gasteiger partial charge >= 0.3 is 5.97 Å². The fraction of sp³-hybridized carbons (Fsp3) is 0.889. The summed E-state index contributed by atoms with van der Waals surface area (Å²) in [6.45, 7) is 3.11. The van der Waals surface area contributed by atoms with Gasteiger partial charge in [-0.1, -0.05) is 0 Å². The third kappa shape index (κ3) is 2.67. The summed E-state index contributed by atoms with van der Waals surface area (Å²) in [6, 6.07) is 0. The zero-order valence-electron chi connectivity index (χ0n) is 8.60. The Labute approximate surface area is 82.9 Å². The molecule has 1 rings (SSSR count). The monoisotopic (exact) mass is 204 g/mol. The zero-order chi connectivity index (χ0) is 10.7. The minimum atomic E-state index is -1.06. The van der Waals surface area contributed by atoms with Crippen molar-refractivity contribution in [3.8, 4) is 0 Å². The van der Waals surface area contributed by atoms with E-state index in [4.69, 9.17) is 14.2 Å². The van der Waals surface area contributed by atoms with Crippen LogP contribution < -0.4 is 0 Å². The van der Waals surface area contributed by atoms with E-state index >= 15 is 0 Å². The van der Waals surface area contributed by atoms with Gasteiger partial charge in [0.05, 0.1) is 12.2 Å². The van der Waals surface area contributed by atoms with Crippen LogP contribution in [0.1, 0.15) is 20.3 Å². The lowest BCUT2D eigenvalue weighted by Crippen LogP contribution is -2.48. The zero-order valence-corrected chi connectivity index (χ0v) is 8.60. The average molecular weight is 204 g/mol. The normalized spacial score (nSPS) is 38.0. The molecule has 4 atom stereocenters. The lowest BCUT2D eigenvalue weighted by molar-refractivity contribution is -0.251. The van der Waals surface area contributed by atoms with E-state index in [0.29, 0.717) is 6.42 Å². The maximum absolute atomic E-state index is 10.7. The van der Waals surface area contributed by atoms with Crippen molar-refractivity contribution in [3.05, 3.63) is 0 Å². The summed E-state index contributed by atoms with van der Waals surface area (Å²) < 4.78 is 15.2. The number of rotatable bonds is 2. The van der Waals surface area contributed by atoms with Crippen molar-refractivity contribution < 1.29 is 24.1 Å². The van der Waals surface area contributed by atoms with Gasteiger partial charge in [-0.15, -0.1) is 0 Å². The average Bonchev–Trinajstić information content (AvgIpc) is 2.09. The van der Waals surface area contributed by atoms with Gasteiger partial charge in [0, 0.05) is 20.5 Å². The second kappa shape index (κ2) is 4.72. The summed E-state index contributed by atoms with van der Waals surface area (Å²) >= 11 is 0. The van der Waals surface area contributed by atoms with Crippen LogP contribution in [0.25, 0.3) is 0 Å². The van der Waals surface area contributed by atoms with Crippen molar-refractivity contribution in [3.63, 3.8) is 0 Å². The molecule has 1 N–H and O–H groups in total. The molecular weight excluding hydrogens is 188 g/mol. The molecule has 1 heterocycles. The van der Waals surface area contributed by atoms with Crippen LogP contribution in [0.15, 0.2) is 0 Å². The van der Waals surface area contributed by atoms with Gasteiger partial charge in [-0.2, -0.15) is 0 Å². The Morgan fingerprint density at radius 1 is 1.50 bits per heavy atom. The molecule has 5 heteroatoms. The van der Waals surface area contributed by atoms with Crippen LogP contribution in [0.2, 0.25) is 0 Å². The molecule has 1 saturated heterocycles. The van der Waals surface area contributed by atoms with E-state index in [1.54, 1.807) is 14.0 Å². The molecular formula is C9H16O5. The molecule has 0 aromatic heterocycles. The number of ether oxygens (including phenoxy) is 3.